The summed E-state index contributed by atoms with van der Waals surface area (Å²) in [5.74, 6) is -0.786. The van der Waals surface area contributed by atoms with Gasteiger partial charge in [0, 0.05) is 5.69 Å². The van der Waals surface area contributed by atoms with Gasteiger partial charge in [0.1, 0.15) is 11.6 Å². The number of nitrogens with two attached hydrogens (primary N) is 1. The summed E-state index contributed by atoms with van der Waals surface area (Å²) in [5.41, 5.74) is 5.77. The van der Waals surface area contributed by atoms with Crippen LogP contribution in [0, 0.1) is 5.82 Å². The van der Waals surface area contributed by atoms with Gasteiger partial charge in [0.05, 0.1) is 10.6 Å². The molecule has 0 saturated carbocycles. The van der Waals surface area contributed by atoms with E-state index in [2.05, 4.69) is 4.72 Å². The number of halogens is 1. The predicted molar refractivity (Wildman–Crippen MR) is 69.7 cm³/mol. The first-order valence-corrected chi connectivity index (χ1v) is 6.74. The quantitative estimate of drug-likeness (QED) is 0.455. The number of nitrogens with one attached hydrogen (secondary N) is 1. The molecule has 4 N–H and O–H groups in total. The van der Waals surface area contributed by atoms with Gasteiger partial charge in [0.2, 0.25) is 0 Å². The average molecular weight is 282 g/mol. The van der Waals surface area contributed by atoms with Gasteiger partial charge in [-0.25, -0.2) is 12.8 Å². The number of benzene rings is 2. The lowest BCUT2D eigenvalue weighted by Crippen LogP contribution is -2.13. The summed E-state index contributed by atoms with van der Waals surface area (Å²) in [7, 11) is -3.90. The number of sulfonamides is 1. The molecule has 0 radical (unpaired) electrons. The Morgan fingerprint density at radius 1 is 1.11 bits per heavy atom. The summed E-state index contributed by atoms with van der Waals surface area (Å²) in [5, 5.41) is 9.55. The second kappa shape index (κ2) is 4.77. The molecule has 0 atom stereocenters. The molecule has 0 bridgehead atoms. The summed E-state index contributed by atoms with van der Waals surface area (Å²) >= 11 is 0. The van der Waals surface area contributed by atoms with Crippen LogP contribution < -0.4 is 10.5 Å². The molecular weight excluding hydrogens is 271 g/mol. The molecule has 0 aromatic heterocycles. The van der Waals surface area contributed by atoms with Crippen LogP contribution >= 0.6 is 0 Å². The number of hydrogen-bond donors (Lipinski definition) is 3. The Balaban J connectivity index is 2.36. The molecule has 0 aliphatic heterocycles. The van der Waals surface area contributed by atoms with Gasteiger partial charge in [0.15, 0.2) is 0 Å². The van der Waals surface area contributed by atoms with E-state index in [4.69, 9.17) is 5.73 Å². The highest BCUT2D eigenvalue weighted by atomic mass is 32.2. The number of phenols is 1. The van der Waals surface area contributed by atoms with Crippen LogP contribution in [0.5, 0.6) is 5.75 Å². The molecule has 0 fully saturated rings. The molecule has 0 saturated heterocycles. The monoisotopic (exact) mass is 282 g/mol. The Bertz CT molecular complexity index is 699. The highest BCUT2D eigenvalue weighted by Crippen LogP contribution is 2.27. The third-order valence-electron chi connectivity index (χ3n) is 2.39. The molecule has 2 aromatic carbocycles. The van der Waals surface area contributed by atoms with Crippen molar-refractivity contribution in [2.45, 2.75) is 4.90 Å². The van der Waals surface area contributed by atoms with Crippen LogP contribution in [0.2, 0.25) is 0 Å². The number of nitrogen functional groups attached to an aromatic ring is 1. The van der Waals surface area contributed by atoms with E-state index in [1.807, 2.05) is 0 Å². The number of phenolic OH excluding ortho intramolecular Hbond substituents is 1. The normalized spacial score (nSPS) is 11.2. The van der Waals surface area contributed by atoms with E-state index >= 15 is 0 Å². The maximum atomic E-state index is 12.7. The van der Waals surface area contributed by atoms with E-state index in [9.17, 15) is 17.9 Å². The Kier molecular flexibility index (Phi) is 3.30. The lowest BCUT2D eigenvalue weighted by atomic mass is 10.3. The lowest BCUT2D eigenvalue weighted by molar-refractivity contribution is 0.477. The second-order valence-corrected chi connectivity index (χ2v) is 5.52. The SMILES string of the molecule is Nc1ccc(O)c(NS(=O)(=O)c2ccc(F)cc2)c1. The van der Waals surface area contributed by atoms with Crippen LogP contribution in [0.25, 0.3) is 0 Å². The van der Waals surface area contributed by atoms with Crippen molar-refractivity contribution in [2.75, 3.05) is 10.5 Å². The molecule has 0 amide bonds. The molecule has 0 heterocycles. The van der Waals surface area contributed by atoms with Gasteiger partial charge in [-0.2, -0.15) is 0 Å². The topological polar surface area (TPSA) is 92.4 Å². The molecule has 7 heteroatoms. The van der Waals surface area contributed by atoms with Crippen LogP contribution in [0.1, 0.15) is 0 Å². The smallest absolute Gasteiger partial charge is 0.262 e. The van der Waals surface area contributed by atoms with Gasteiger partial charge >= 0.3 is 0 Å². The maximum absolute atomic E-state index is 12.7. The standard InChI is InChI=1S/C12H11FN2O3S/c13-8-1-4-10(5-2-8)19(17,18)15-11-7-9(14)3-6-12(11)16/h1-7,15-16H,14H2. The predicted octanol–water partition coefficient (Wildman–Crippen LogP) is 1.91. The first kappa shape index (κ1) is 13.2. The maximum Gasteiger partial charge on any atom is 0.262 e. The van der Waals surface area contributed by atoms with Crippen molar-refractivity contribution >= 4 is 21.4 Å². The summed E-state index contributed by atoms with van der Waals surface area (Å²) in [6.07, 6.45) is 0. The van der Waals surface area contributed by atoms with Crippen LogP contribution in [0.4, 0.5) is 15.8 Å². The van der Waals surface area contributed by atoms with Crippen molar-refractivity contribution < 1.29 is 17.9 Å². The Labute approximate surface area is 109 Å². The summed E-state index contributed by atoms with van der Waals surface area (Å²) < 4.78 is 38.9. The molecule has 19 heavy (non-hydrogen) atoms. The molecular formula is C12H11FN2O3S. The zero-order chi connectivity index (χ0) is 14.0. The highest BCUT2D eigenvalue weighted by molar-refractivity contribution is 7.92. The van der Waals surface area contributed by atoms with E-state index in [-0.39, 0.29) is 16.3 Å². The first-order valence-electron chi connectivity index (χ1n) is 5.25. The van der Waals surface area contributed by atoms with Gasteiger partial charge in [0.25, 0.3) is 10.0 Å². The van der Waals surface area contributed by atoms with Crippen LogP contribution in [-0.4, -0.2) is 13.5 Å². The molecule has 0 aliphatic rings. The van der Waals surface area contributed by atoms with Gasteiger partial charge < -0.3 is 10.8 Å². The van der Waals surface area contributed by atoms with Crippen LogP contribution in [-0.2, 0) is 10.0 Å². The first-order chi connectivity index (χ1) is 8.88. The molecule has 5 nitrogen and oxygen atoms in total. The van der Waals surface area contributed by atoms with Crippen molar-refractivity contribution in [3.8, 4) is 5.75 Å². The number of hydrogen-bond acceptors (Lipinski definition) is 4. The largest absolute Gasteiger partial charge is 0.506 e. The van der Waals surface area contributed by atoms with Gasteiger partial charge in [-0.3, -0.25) is 4.72 Å². The van der Waals surface area contributed by atoms with Crippen molar-refractivity contribution in [1.29, 1.82) is 0 Å². The Morgan fingerprint density at radius 3 is 2.37 bits per heavy atom. The van der Waals surface area contributed by atoms with Crippen molar-refractivity contribution in [3.05, 3.63) is 48.3 Å². The van der Waals surface area contributed by atoms with E-state index in [0.29, 0.717) is 5.69 Å². The van der Waals surface area contributed by atoms with E-state index in [1.165, 1.54) is 18.2 Å². The molecule has 2 aromatic rings. The zero-order valence-corrected chi connectivity index (χ0v) is 10.5. The van der Waals surface area contributed by atoms with Crippen molar-refractivity contribution in [1.82, 2.24) is 0 Å². The van der Waals surface area contributed by atoms with Gasteiger partial charge in [-0.1, -0.05) is 0 Å². The molecule has 0 unspecified atom stereocenters. The van der Waals surface area contributed by atoms with E-state index < -0.39 is 15.8 Å². The fourth-order valence-electron chi connectivity index (χ4n) is 1.45. The molecule has 0 spiro atoms. The number of rotatable bonds is 3. The average Bonchev–Trinajstić information content (AvgIpc) is 2.34. The number of anilines is 2. The highest BCUT2D eigenvalue weighted by Gasteiger charge is 2.16. The lowest BCUT2D eigenvalue weighted by Gasteiger charge is -2.10. The second-order valence-electron chi connectivity index (χ2n) is 3.84. The summed E-state index contributed by atoms with van der Waals surface area (Å²) in [4.78, 5) is -0.115. The minimum Gasteiger partial charge on any atom is -0.506 e. The fourth-order valence-corrected chi connectivity index (χ4v) is 2.52. The molecule has 100 valence electrons. The van der Waals surface area contributed by atoms with Crippen molar-refractivity contribution in [2.24, 2.45) is 0 Å². The molecule has 2 rings (SSSR count). The Morgan fingerprint density at radius 2 is 1.74 bits per heavy atom. The van der Waals surface area contributed by atoms with E-state index in [0.717, 1.165) is 24.3 Å². The number of aromatic hydroxyl groups is 1. The summed E-state index contributed by atoms with van der Waals surface area (Å²) in [6, 6.07) is 8.32. The van der Waals surface area contributed by atoms with Gasteiger partial charge in [-0.15, -0.1) is 0 Å². The fraction of sp³-hybridized carbons (Fsp3) is 0. The van der Waals surface area contributed by atoms with Crippen molar-refractivity contribution in [3.63, 3.8) is 0 Å². The minimum absolute atomic E-state index is 0.0377. The van der Waals surface area contributed by atoms with Gasteiger partial charge in [-0.05, 0) is 42.5 Å². The van der Waals surface area contributed by atoms with E-state index in [1.54, 1.807) is 0 Å². The summed E-state index contributed by atoms with van der Waals surface area (Å²) in [6.45, 7) is 0. The Hall–Kier alpha value is -2.28. The minimum atomic E-state index is -3.90. The third kappa shape index (κ3) is 2.94. The third-order valence-corrected chi connectivity index (χ3v) is 3.77. The zero-order valence-electron chi connectivity index (χ0n) is 9.67. The van der Waals surface area contributed by atoms with Crippen LogP contribution in [0.15, 0.2) is 47.4 Å². The van der Waals surface area contributed by atoms with Crippen LogP contribution in [0.3, 0.4) is 0 Å². The molecule has 0 aliphatic carbocycles.